The first kappa shape index (κ1) is 14.5. The lowest BCUT2D eigenvalue weighted by atomic mass is 9.82. The van der Waals surface area contributed by atoms with Gasteiger partial charge < -0.3 is 16.2 Å². The molecule has 0 heterocycles. The van der Waals surface area contributed by atoms with Gasteiger partial charge in [-0.3, -0.25) is 4.79 Å². The highest BCUT2D eigenvalue weighted by Crippen LogP contribution is 2.26. The van der Waals surface area contributed by atoms with Crippen LogP contribution in [-0.4, -0.2) is 29.7 Å². The number of rotatable bonds is 7. The van der Waals surface area contributed by atoms with Crippen LogP contribution in [0.15, 0.2) is 0 Å². The van der Waals surface area contributed by atoms with Gasteiger partial charge in [0.1, 0.15) is 0 Å². The highest BCUT2D eigenvalue weighted by atomic mass is 16.3. The van der Waals surface area contributed by atoms with Crippen molar-refractivity contribution in [2.24, 2.45) is 17.6 Å². The van der Waals surface area contributed by atoms with Gasteiger partial charge in [-0.1, -0.05) is 13.3 Å². The molecular formula is C13H26N2O2. The molecule has 17 heavy (non-hydrogen) atoms. The minimum Gasteiger partial charge on any atom is -0.393 e. The zero-order chi connectivity index (χ0) is 12.8. The van der Waals surface area contributed by atoms with Crippen LogP contribution in [0.4, 0.5) is 0 Å². The van der Waals surface area contributed by atoms with Crippen molar-refractivity contribution >= 4 is 5.91 Å². The van der Waals surface area contributed by atoms with E-state index in [0.717, 1.165) is 32.1 Å². The molecule has 0 radical (unpaired) electrons. The average molecular weight is 242 g/mol. The molecular weight excluding hydrogens is 216 g/mol. The van der Waals surface area contributed by atoms with Crippen LogP contribution in [-0.2, 0) is 4.79 Å². The Balaban J connectivity index is 2.05. The Bertz CT molecular complexity index is 238. The van der Waals surface area contributed by atoms with Crippen LogP contribution in [0.1, 0.15) is 46.0 Å². The number of aliphatic hydroxyl groups is 1. The maximum atomic E-state index is 11.7. The summed E-state index contributed by atoms with van der Waals surface area (Å²) >= 11 is 0. The van der Waals surface area contributed by atoms with E-state index >= 15 is 0 Å². The molecule has 1 saturated carbocycles. The van der Waals surface area contributed by atoms with Crippen molar-refractivity contribution in [3.05, 3.63) is 0 Å². The molecule has 0 saturated heterocycles. The summed E-state index contributed by atoms with van der Waals surface area (Å²) in [5.41, 5.74) is 5.67. The van der Waals surface area contributed by atoms with Gasteiger partial charge in [0.05, 0.1) is 6.10 Å². The number of nitrogens with two attached hydrogens (primary N) is 1. The van der Waals surface area contributed by atoms with E-state index in [-0.39, 0.29) is 24.0 Å². The number of carbonyl (C=O) groups is 1. The number of aliphatic hydroxyl groups excluding tert-OH is 1. The number of nitrogens with one attached hydrogen (secondary N) is 1. The van der Waals surface area contributed by atoms with Gasteiger partial charge in [0.15, 0.2) is 0 Å². The monoisotopic (exact) mass is 242 g/mol. The van der Waals surface area contributed by atoms with E-state index in [4.69, 9.17) is 10.8 Å². The maximum absolute atomic E-state index is 11.7. The SMILES string of the molecule is CC(N)CCCC(C)C(=O)NCC1CC(O)C1. The molecule has 4 N–H and O–H groups in total. The van der Waals surface area contributed by atoms with E-state index < -0.39 is 0 Å². The largest absolute Gasteiger partial charge is 0.393 e. The van der Waals surface area contributed by atoms with Gasteiger partial charge in [0.25, 0.3) is 0 Å². The predicted molar refractivity (Wildman–Crippen MR) is 68.4 cm³/mol. The molecule has 0 aromatic rings. The van der Waals surface area contributed by atoms with E-state index in [9.17, 15) is 4.79 Å². The topological polar surface area (TPSA) is 75.4 Å². The average Bonchev–Trinajstić information content (AvgIpc) is 2.21. The van der Waals surface area contributed by atoms with Gasteiger partial charge in [0.2, 0.25) is 5.91 Å². The molecule has 2 unspecified atom stereocenters. The molecule has 0 aromatic carbocycles. The standard InChI is InChI=1S/C13H26N2O2/c1-9(4-3-5-10(2)14)13(17)15-8-11-6-12(16)7-11/h9-12,16H,3-8,14H2,1-2H3,(H,15,17). The fraction of sp³-hybridized carbons (Fsp3) is 0.923. The summed E-state index contributed by atoms with van der Waals surface area (Å²) in [6.45, 7) is 4.67. The van der Waals surface area contributed by atoms with Crippen LogP contribution < -0.4 is 11.1 Å². The van der Waals surface area contributed by atoms with Crippen LogP contribution in [0.5, 0.6) is 0 Å². The first-order chi connectivity index (χ1) is 7.99. The summed E-state index contributed by atoms with van der Waals surface area (Å²) in [5, 5.41) is 12.1. The Hall–Kier alpha value is -0.610. The lowest BCUT2D eigenvalue weighted by Crippen LogP contribution is -2.40. The molecule has 0 spiro atoms. The van der Waals surface area contributed by atoms with Crippen molar-refractivity contribution in [2.75, 3.05) is 6.54 Å². The molecule has 2 atom stereocenters. The van der Waals surface area contributed by atoms with E-state index in [1.807, 2.05) is 13.8 Å². The number of hydrogen-bond donors (Lipinski definition) is 3. The second-order valence-electron chi connectivity index (χ2n) is 5.55. The third kappa shape index (κ3) is 5.50. The van der Waals surface area contributed by atoms with Crippen LogP contribution in [0.25, 0.3) is 0 Å². The van der Waals surface area contributed by atoms with Crippen molar-refractivity contribution < 1.29 is 9.90 Å². The minimum atomic E-state index is -0.139. The zero-order valence-corrected chi connectivity index (χ0v) is 11.0. The van der Waals surface area contributed by atoms with Crippen molar-refractivity contribution in [1.29, 1.82) is 0 Å². The first-order valence-corrected chi connectivity index (χ1v) is 6.70. The third-order valence-corrected chi connectivity index (χ3v) is 3.52. The Labute approximate surface area is 104 Å². The van der Waals surface area contributed by atoms with Gasteiger partial charge in [0, 0.05) is 18.5 Å². The highest BCUT2D eigenvalue weighted by molar-refractivity contribution is 5.78. The molecule has 1 fully saturated rings. The van der Waals surface area contributed by atoms with Gasteiger partial charge in [-0.2, -0.15) is 0 Å². The molecule has 4 nitrogen and oxygen atoms in total. The molecule has 4 heteroatoms. The van der Waals surface area contributed by atoms with Crippen LogP contribution in [0.3, 0.4) is 0 Å². The van der Waals surface area contributed by atoms with Gasteiger partial charge in [-0.25, -0.2) is 0 Å². The van der Waals surface area contributed by atoms with E-state index in [1.165, 1.54) is 0 Å². The lowest BCUT2D eigenvalue weighted by molar-refractivity contribution is -0.125. The maximum Gasteiger partial charge on any atom is 0.222 e. The molecule has 1 aliphatic carbocycles. The Kier molecular flexibility index (Phi) is 5.92. The lowest BCUT2D eigenvalue weighted by Gasteiger charge is -2.31. The summed E-state index contributed by atoms with van der Waals surface area (Å²) in [6, 6.07) is 0.224. The second kappa shape index (κ2) is 6.97. The number of hydrogen-bond acceptors (Lipinski definition) is 3. The summed E-state index contributed by atoms with van der Waals surface area (Å²) in [4.78, 5) is 11.7. The fourth-order valence-electron chi connectivity index (χ4n) is 2.16. The van der Waals surface area contributed by atoms with E-state index in [2.05, 4.69) is 5.32 Å². The molecule has 100 valence electrons. The third-order valence-electron chi connectivity index (χ3n) is 3.52. The van der Waals surface area contributed by atoms with Crippen LogP contribution in [0, 0.1) is 11.8 Å². The van der Waals surface area contributed by atoms with E-state index in [0.29, 0.717) is 12.5 Å². The van der Waals surface area contributed by atoms with Crippen LogP contribution in [0.2, 0.25) is 0 Å². The fourth-order valence-corrected chi connectivity index (χ4v) is 2.16. The molecule has 1 rings (SSSR count). The minimum absolute atomic E-state index is 0.0683. The summed E-state index contributed by atoms with van der Waals surface area (Å²) in [7, 11) is 0. The number of carbonyl (C=O) groups excluding carboxylic acids is 1. The highest BCUT2D eigenvalue weighted by Gasteiger charge is 2.27. The summed E-state index contributed by atoms with van der Waals surface area (Å²) in [5.74, 6) is 0.681. The summed E-state index contributed by atoms with van der Waals surface area (Å²) in [6.07, 6.45) is 4.42. The predicted octanol–water partition coefficient (Wildman–Crippen LogP) is 1.03. The quantitative estimate of drug-likeness (QED) is 0.624. The van der Waals surface area contributed by atoms with Crippen molar-refractivity contribution in [2.45, 2.75) is 58.1 Å². The molecule has 0 aromatic heterocycles. The molecule has 0 bridgehead atoms. The van der Waals surface area contributed by atoms with E-state index in [1.54, 1.807) is 0 Å². The Morgan fingerprint density at radius 1 is 1.41 bits per heavy atom. The zero-order valence-electron chi connectivity index (χ0n) is 11.0. The number of amides is 1. The molecule has 1 aliphatic rings. The molecule has 0 aliphatic heterocycles. The second-order valence-corrected chi connectivity index (χ2v) is 5.55. The van der Waals surface area contributed by atoms with Crippen molar-refractivity contribution in [1.82, 2.24) is 5.32 Å². The van der Waals surface area contributed by atoms with Gasteiger partial charge in [-0.15, -0.1) is 0 Å². The smallest absolute Gasteiger partial charge is 0.222 e. The first-order valence-electron chi connectivity index (χ1n) is 6.70. The molecule has 1 amide bonds. The van der Waals surface area contributed by atoms with Crippen molar-refractivity contribution in [3.8, 4) is 0 Å². The normalized spacial score (nSPS) is 27.1. The summed E-state index contributed by atoms with van der Waals surface area (Å²) < 4.78 is 0. The van der Waals surface area contributed by atoms with Gasteiger partial charge in [-0.05, 0) is 38.5 Å². The van der Waals surface area contributed by atoms with Crippen molar-refractivity contribution in [3.63, 3.8) is 0 Å². The van der Waals surface area contributed by atoms with Gasteiger partial charge >= 0.3 is 0 Å². The Morgan fingerprint density at radius 2 is 2.06 bits per heavy atom. The van der Waals surface area contributed by atoms with Crippen LogP contribution >= 0.6 is 0 Å². The Morgan fingerprint density at radius 3 is 2.59 bits per heavy atom.